The van der Waals surface area contributed by atoms with Gasteiger partial charge in [-0.05, 0) is 83.8 Å². The Labute approximate surface area is 179 Å². The van der Waals surface area contributed by atoms with Crippen molar-refractivity contribution < 1.29 is 4.79 Å². The zero-order chi connectivity index (χ0) is 20.3. The Bertz CT molecular complexity index is 835. The van der Waals surface area contributed by atoms with Crippen molar-refractivity contribution in [2.24, 2.45) is 5.92 Å². The molecule has 2 aromatic rings. The maximum absolute atomic E-state index is 13.2. The Morgan fingerprint density at radius 1 is 1.07 bits per heavy atom. The first-order chi connectivity index (χ1) is 12.7. The minimum atomic E-state index is -0.108. The van der Waals surface area contributed by atoms with Gasteiger partial charge in [0.15, 0.2) is 0 Å². The van der Waals surface area contributed by atoms with Gasteiger partial charge in [-0.15, -0.1) is 0 Å². The average Bonchev–Trinajstić information content (AvgIpc) is 2.59. The summed E-state index contributed by atoms with van der Waals surface area (Å²) in [5.41, 5.74) is 6.66. The van der Waals surface area contributed by atoms with Gasteiger partial charge in [0.1, 0.15) is 0 Å². The van der Waals surface area contributed by atoms with Gasteiger partial charge < -0.3 is 5.32 Å². The molecule has 0 aliphatic rings. The van der Waals surface area contributed by atoms with E-state index in [1.165, 1.54) is 0 Å². The molecule has 3 nitrogen and oxygen atoms in total. The molecular weight excluding hydrogens is 468 g/mol. The maximum atomic E-state index is 13.2. The number of halogens is 2. The van der Waals surface area contributed by atoms with E-state index in [4.69, 9.17) is 0 Å². The predicted octanol–water partition coefficient (Wildman–Crippen LogP) is 6.80. The van der Waals surface area contributed by atoms with E-state index in [0.717, 1.165) is 62.0 Å². The second kappa shape index (κ2) is 9.33. The third-order valence-electron chi connectivity index (χ3n) is 4.72. The lowest BCUT2D eigenvalue weighted by molar-refractivity contribution is 0.102. The maximum Gasteiger partial charge on any atom is 0.258 e. The van der Waals surface area contributed by atoms with Crippen LogP contribution in [0.15, 0.2) is 21.1 Å². The highest BCUT2D eigenvalue weighted by Crippen LogP contribution is 2.31. The van der Waals surface area contributed by atoms with Crippen LogP contribution in [0.5, 0.6) is 0 Å². The van der Waals surface area contributed by atoms with Gasteiger partial charge in [-0.3, -0.25) is 9.78 Å². The van der Waals surface area contributed by atoms with Gasteiger partial charge in [0.25, 0.3) is 5.91 Å². The van der Waals surface area contributed by atoms with E-state index < -0.39 is 0 Å². The molecule has 1 heterocycles. The summed E-state index contributed by atoms with van der Waals surface area (Å²) in [6, 6.07) is 4.16. The highest BCUT2D eigenvalue weighted by Gasteiger charge is 2.22. The summed E-state index contributed by atoms with van der Waals surface area (Å²) >= 11 is 7.27. The van der Waals surface area contributed by atoms with Crippen molar-refractivity contribution in [1.82, 2.24) is 4.98 Å². The van der Waals surface area contributed by atoms with E-state index in [9.17, 15) is 4.79 Å². The first-order valence-corrected chi connectivity index (χ1v) is 11.1. The van der Waals surface area contributed by atoms with E-state index in [0.29, 0.717) is 11.5 Å². The van der Waals surface area contributed by atoms with Crippen LogP contribution in [0.4, 0.5) is 5.69 Å². The van der Waals surface area contributed by atoms with Gasteiger partial charge in [0.05, 0.1) is 11.3 Å². The molecule has 0 aliphatic heterocycles. The zero-order valence-electron chi connectivity index (χ0n) is 17.0. The van der Waals surface area contributed by atoms with Gasteiger partial charge >= 0.3 is 0 Å². The van der Waals surface area contributed by atoms with Gasteiger partial charge in [0.2, 0.25) is 0 Å². The standard InChI is InChI=1S/C22H28Br2N2O/c1-7-15-10-17(23)11-16(8-2)21(15)26-22(27)19-14(6)25-13(5)18(20(19)24)9-12(3)4/h10-12H,7-9H2,1-6H3,(H,26,27). The zero-order valence-corrected chi connectivity index (χ0v) is 20.1. The number of rotatable bonds is 6. The molecular formula is C22H28Br2N2O. The molecule has 0 saturated heterocycles. The third-order valence-corrected chi connectivity index (χ3v) is 6.06. The Morgan fingerprint density at radius 3 is 2.11 bits per heavy atom. The molecule has 0 atom stereocenters. The van der Waals surface area contributed by atoms with Crippen molar-refractivity contribution in [2.45, 2.75) is 60.8 Å². The summed E-state index contributed by atoms with van der Waals surface area (Å²) in [6.07, 6.45) is 2.60. The summed E-state index contributed by atoms with van der Waals surface area (Å²) in [7, 11) is 0. The first kappa shape index (κ1) is 22.1. The number of nitrogens with zero attached hydrogens (tertiary/aromatic N) is 1. The predicted molar refractivity (Wildman–Crippen MR) is 121 cm³/mol. The number of hydrogen-bond donors (Lipinski definition) is 1. The van der Waals surface area contributed by atoms with Crippen LogP contribution in [0.3, 0.4) is 0 Å². The Morgan fingerprint density at radius 2 is 1.63 bits per heavy atom. The molecule has 0 fully saturated rings. The van der Waals surface area contributed by atoms with Crippen LogP contribution >= 0.6 is 31.9 Å². The quantitative estimate of drug-likeness (QED) is 0.478. The van der Waals surface area contributed by atoms with Crippen molar-refractivity contribution >= 4 is 43.5 Å². The second-order valence-corrected chi connectivity index (χ2v) is 9.02. The SMILES string of the molecule is CCc1cc(Br)cc(CC)c1NC(=O)c1c(C)nc(C)c(CC(C)C)c1Br. The molecule has 27 heavy (non-hydrogen) atoms. The van der Waals surface area contributed by atoms with Gasteiger partial charge in [0, 0.05) is 20.3 Å². The van der Waals surface area contributed by atoms with Crippen LogP contribution in [0.1, 0.15) is 66.1 Å². The Kier molecular flexibility index (Phi) is 7.64. The second-order valence-electron chi connectivity index (χ2n) is 7.31. The summed E-state index contributed by atoms with van der Waals surface area (Å²) in [6.45, 7) is 12.5. The minimum Gasteiger partial charge on any atom is -0.321 e. The normalized spacial score (nSPS) is 11.1. The van der Waals surface area contributed by atoms with E-state index >= 15 is 0 Å². The number of amides is 1. The number of pyridine rings is 1. The molecule has 1 aromatic carbocycles. The highest BCUT2D eigenvalue weighted by molar-refractivity contribution is 9.10. The summed E-state index contributed by atoms with van der Waals surface area (Å²) in [5.74, 6) is 0.383. The summed E-state index contributed by atoms with van der Waals surface area (Å²) in [5, 5.41) is 3.18. The molecule has 1 N–H and O–H groups in total. The number of anilines is 1. The van der Waals surface area contributed by atoms with Crippen molar-refractivity contribution in [1.29, 1.82) is 0 Å². The van der Waals surface area contributed by atoms with E-state index in [2.05, 4.69) is 82.0 Å². The van der Waals surface area contributed by atoms with Crippen molar-refractivity contribution in [3.8, 4) is 0 Å². The number of nitrogens with one attached hydrogen (secondary N) is 1. The molecule has 1 amide bonds. The Balaban J connectivity index is 2.51. The molecule has 0 saturated carbocycles. The number of carbonyl (C=O) groups is 1. The van der Waals surface area contributed by atoms with Gasteiger partial charge in [-0.25, -0.2) is 0 Å². The highest BCUT2D eigenvalue weighted by atomic mass is 79.9. The van der Waals surface area contributed by atoms with Crippen molar-refractivity contribution in [3.63, 3.8) is 0 Å². The van der Waals surface area contributed by atoms with Gasteiger partial charge in [-0.2, -0.15) is 0 Å². The minimum absolute atomic E-state index is 0.108. The number of carbonyl (C=O) groups excluding carboxylic acids is 1. The van der Waals surface area contributed by atoms with Crippen molar-refractivity contribution in [3.05, 3.63) is 54.7 Å². The monoisotopic (exact) mass is 494 g/mol. The molecule has 0 unspecified atom stereocenters. The van der Waals surface area contributed by atoms with Crippen LogP contribution in [0, 0.1) is 19.8 Å². The first-order valence-electron chi connectivity index (χ1n) is 9.47. The fourth-order valence-electron chi connectivity index (χ4n) is 3.37. The molecule has 1 aromatic heterocycles. The number of aromatic nitrogens is 1. The lowest BCUT2D eigenvalue weighted by atomic mass is 9.98. The number of hydrogen-bond acceptors (Lipinski definition) is 2. The molecule has 5 heteroatoms. The lowest BCUT2D eigenvalue weighted by Gasteiger charge is -2.19. The molecule has 0 radical (unpaired) electrons. The molecule has 0 spiro atoms. The fraction of sp³-hybridized carbons (Fsp3) is 0.455. The molecule has 146 valence electrons. The molecule has 0 bridgehead atoms. The fourth-order valence-corrected chi connectivity index (χ4v) is 4.84. The van der Waals surface area contributed by atoms with Crippen LogP contribution in [-0.4, -0.2) is 10.9 Å². The topological polar surface area (TPSA) is 42.0 Å². The van der Waals surface area contributed by atoms with Crippen LogP contribution in [0.25, 0.3) is 0 Å². The van der Waals surface area contributed by atoms with E-state index in [1.807, 2.05) is 13.8 Å². The summed E-state index contributed by atoms with van der Waals surface area (Å²) < 4.78 is 1.91. The van der Waals surface area contributed by atoms with Crippen LogP contribution in [-0.2, 0) is 19.3 Å². The smallest absolute Gasteiger partial charge is 0.258 e. The largest absolute Gasteiger partial charge is 0.321 e. The van der Waals surface area contributed by atoms with Gasteiger partial charge in [-0.1, -0.05) is 43.6 Å². The third kappa shape index (κ3) is 5.00. The molecule has 2 rings (SSSR count). The van der Waals surface area contributed by atoms with Crippen molar-refractivity contribution in [2.75, 3.05) is 5.32 Å². The number of benzene rings is 1. The van der Waals surface area contributed by atoms with E-state index in [1.54, 1.807) is 0 Å². The van der Waals surface area contributed by atoms with Crippen LogP contribution in [0.2, 0.25) is 0 Å². The molecule has 0 aliphatic carbocycles. The number of aryl methyl sites for hydroxylation is 4. The average molecular weight is 496 g/mol. The lowest BCUT2D eigenvalue weighted by Crippen LogP contribution is -2.19. The van der Waals surface area contributed by atoms with E-state index in [-0.39, 0.29) is 5.91 Å². The summed E-state index contributed by atoms with van der Waals surface area (Å²) in [4.78, 5) is 17.9. The Hall–Kier alpha value is -1.20. The van der Waals surface area contributed by atoms with Crippen LogP contribution < -0.4 is 5.32 Å².